The van der Waals surface area contributed by atoms with E-state index in [1.54, 1.807) is 111 Å². The Morgan fingerprint density at radius 1 is 0.453 bits per heavy atom. The minimum atomic E-state index is -1.60. The van der Waals surface area contributed by atoms with Gasteiger partial charge in [-0.15, -0.1) is 10.2 Å². The van der Waals surface area contributed by atoms with Crippen LogP contribution in [-0.4, -0.2) is 189 Å². The fourth-order valence-corrected chi connectivity index (χ4v) is 19.9. The van der Waals surface area contributed by atoms with E-state index in [9.17, 15) is 101 Å². The summed E-state index contributed by atoms with van der Waals surface area (Å²) in [6, 6.07) is 38.3. The van der Waals surface area contributed by atoms with Crippen molar-refractivity contribution in [2.45, 2.75) is 202 Å². The van der Waals surface area contributed by atoms with Crippen LogP contribution in [-0.2, 0) is 34.8 Å². The maximum atomic E-state index is 14.4. The lowest BCUT2D eigenvalue weighted by Crippen LogP contribution is -2.34. The molecule has 49 heteroatoms. The molecule has 13 heterocycles. The van der Waals surface area contributed by atoms with Crippen molar-refractivity contribution in [3.63, 3.8) is 0 Å². The van der Waals surface area contributed by atoms with Gasteiger partial charge in [0.15, 0.2) is 6.29 Å². The predicted molar refractivity (Wildman–Crippen MR) is 542 cm³/mol. The van der Waals surface area contributed by atoms with Crippen LogP contribution in [0.1, 0.15) is 193 Å². The summed E-state index contributed by atoms with van der Waals surface area (Å²) in [6.07, 6.45) is 18.2. The van der Waals surface area contributed by atoms with E-state index in [0.717, 1.165) is 74.9 Å². The first-order chi connectivity index (χ1) is 71.2. The van der Waals surface area contributed by atoms with Crippen LogP contribution in [0.5, 0.6) is 0 Å². The van der Waals surface area contributed by atoms with E-state index in [0.29, 0.717) is 78.4 Å². The summed E-state index contributed by atoms with van der Waals surface area (Å²) in [7, 11) is 0. The number of nitrogens with one attached hydrogen (secondary N) is 6. The number of alkyl halides is 2. The third-order valence-corrected chi connectivity index (χ3v) is 28.5. The summed E-state index contributed by atoms with van der Waals surface area (Å²) in [5.41, 5.74) is -0.441. The SMILES string of the molecule is Cc1cn([C@H]2C[C@H](n3cc(-c4ccccn4)nn3)[C@@H](CO)O2)c(=O)[nH]c1=O.Cc1cn([C@H]2C[C@H](n3cc(CC4CCCC4)nn3)[C@@H](CO)O2)c(=O)[nH]c1=O.O=C(OC[C@H]1O[C@H](n2cc([N+](=O)[O-])c(=O)[nH]c2=O)C[C@@H]1F)c1ccc(-c2ccccc2)cc1.O=Cc1cn([C@@H]2C[C@H](F)[C@@H](COC(=O)c3ccc(-c4ccccc4)cc3)O2)c(=O)[nH]c1=O.O=c1[nH]c(=O)n(C2CCC3CC32)cc1I.O=c1[nH]c(=O)n(C2CCCC2)cc1I. The van der Waals surface area contributed by atoms with Gasteiger partial charge in [0.2, 0.25) is 0 Å². The average Bonchev–Trinajstić information content (AvgIpc) is 1.60. The number of aromatic nitrogens is 19. The normalized spacial score (nSPS) is 22.6. The van der Waals surface area contributed by atoms with Crippen molar-refractivity contribution in [2.75, 3.05) is 26.4 Å². The van der Waals surface area contributed by atoms with E-state index in [4.69, 9.17) is 28.4 Å². The van der Waals surface area contributed by atoms with Gasteiger partial charge in [0.25, 0.3) is 27.8 Å². The minimum absolute atomic E-state index is 0.184. The molecule has 21 rings (SSSR count). The predicted octanol–water partition coefficient (Wildman–Crippen LogP) is 8.17. The minimum Gasteiger partial charge on any atom is -0.459 e. The van der Waals surface area contributed by atoms with E-state index in [2.05, 4.69) is 45.5 Å². The molecule has 4 aliphatic heterocycles. The van der Waals surface area contributed by atoms with Gasteiger partial charge in [0, 0.05) is 92.3 Å². The number of aliphatic hydroxyl groups excluding tert-OH is 2. The van der Waals surface area contributed by atoms with Crippen molar-refractivity contribution in [2.24, 2.45) is 17.8 Å². The van der Waals surface area contributed by atoms with E-state index in [1.807, 2.05) is 135 Å². The third kappa shape index (κ3) is 25.5. The standard InChI is InChI=1S/C23H19FN2O6.C22H18FN3O7.C18H25N5O4.C17H18N6O4.C10H11IN2O2.C9H11IN2O2/c24-18-10-20(26-11-17(12-27)21(28)25-23(26)30)32-19(18)13-31-22(29)16-8-6-15(7-9-16)14-4-2-1-3-5-14;23-16-10-19(25-11-17(26(30)31)20(27)24-22(25)29)33-18(16)12-32-21(28)15-8-6-14(7-9-15)13-4-2-1-3-5-13;1-11-8-22(18(26)19-17(11)25)16-7-14(15(10-24)27-16)23-9-13(20-21-23)6-12-4-2-3-5-12;1-10-7-22(17(26)19-16(10)25)15-6-13(14(9-24)27-15)23-8-12(20-21-23)11-4-2-3-5-18-11;11-7-4-13(10(15)12-9(7)14)8-2-1-5-3-6(5)8;10-7-5-12(6-3-1-2-4-6)9(14)11-8(7)13/h1-9,11-12,18-20H,10,13H2,(H,25,28,30);1-9,11,16,18-19H,10,12H2,(H,24,27,29);8-9,12,14-16,24H,2-7,10H2,1H3,(H,19,25,26);2-5,7-8,13-15,24H,6,9H2,1H3,(H,19,25,26);4-6,8H,1-3H2,(H,12,14,15);5-6H,1-4H2,(H,11,13,14)/t18-,19+,20-;16-,18+,19-;14-,15+,16+;13-,14+,15+;;/m0000../s1. The lowest BCUT2D eigenvalue weighted by Gasteiger charge is -2.16. The zero-order chi connectivity index (χ0) is 105. The van der Waals surface area contributed by atoms with Crippen molar-refractivity contribution < 1.29 is 66.7 Å². The Hall–Kier alpha value is -14.5. The molecule has 15 atom stereocenters. The molecule has 0 bridgehead atoms. The molecule has 8 N–H and O–H groups in total. The molecule has 8 fully saturated rings. The molecular weight excluding hydrogens is 2160 g/mol. The summed E-state index contributed by atoms with van der Waals surface area (Å²) in [5, 5.41) is 47.2. The lowest BCUT2D eigenvalue weighted by molar-refractivity contribution is -0.387. The molecular formula is C99H102F2I2N20O25. The molecule has 776 valence electrons. The van der Waals surface area contributed by atoms with Gasteiger partial charge in [-0.05, 0) is 174 Å². The van der Waals surface area contributed by atoms with Crippen molar-refractivity contribution in [3.8, 4) is 33.6 Å². The quantitative estimate of drug-likeness (QED) is 0.00983. The van der Waals surface area contributed by atoms with E-state index >= 15 is 0 Å². The van der Waals surface area contributed by atoms with Gasteiger partial charge in [0.05, 0.1) is 77.8 Å². The highest BCUT2D eigenvalue weighted by molar-refractivity contribution is 14.1. The number of ether oxygens (including phenoxy) is 6. The molecule has 148 heavy (non-hydrogen) atoms. The number of carbonyl (C=O) groups is 3. The fraction of sp³-hybridized carbons (Fsp3) is 0.394. The number of pyridine rings is 1. The van der Waals surface area contributed by atoms with Gasteiger partial charge < -0.3 is 38.6 Å². The Morgan fingerprint density at radius 2 is 0.878 bits per heavy atom. The Balaban J connectivity index is 0.000000129. The molecule has 45 nitrogen and oxygen atoms in total. The Bertz CT molecular complexity index is 7730. The number of rotatable bonds is 23. The summed E-state index contributed by atoms with van der Waals surface area (Å²) in [5.74, 6) is 0.897. The number of halogens is 4. The molecule has 4 aliphatic carbocycles. The van der Waals surface area contributed by atoms with Gasteiger partial charge >= 0.3 is 57.3 Å². The number of aldehydes is 1. The smallest absolute Gasteiger partial charge is 0.350 e. The molecule has 3 unspecified atom stereocenters. The van der Waals surface area contributed by atoms with Gasteiger partial charge in [-0.25, -0.2) is 56.5 Å². The number of benzene rings is 4. The number of fused-ring (bicyclic) bond motifs is 1. The Kier molecular flexibility index (Phi) is 34.4. The maximum absolute atomic E-state index is 14.4. The summed E-state index contributed by atoms with van der Waals surface area (Å²) < 4.78 is 74.3. The third-order valence-electron chi connectivity index (χ3n) is 27.0. The van der Waals surface area contributed by atoms with Crippen LogP contribution < -0.4 is 67.5 Å². The first-order valence-electron chi connectivity index (χ1n) is 47.7. The monoisotopic (exact) mass is 2260 g/mol. The number of aromatic amines is 6. The number of esters is 2. The Labute approximate surface area is 861 Å². The molecule has 13 aromatic rings. The highest BCUT2D eigenvalue weighted by Crippen LogP contribution is 2.57. The second-order valence-electron chi connectivity index (χ2n) is 36.7. The second kappa shape index (κ2) is 48.0. The number of aliphatic hydroxyl groups is 2. The van der Waals surface area contributed by atoms with Crippen LogP contribution in [0.4, 0.5) is 14.5 Å². The highest BCUT2D eigenvalue weighted by atomic mass is 127. The zero-order valence-electron chi connectivity index (χ0n) is 79.4. The fourth-order valence-electron chi connectivity index (χ4n) is 19.0. The van der Waals surface area contributed by atoms with Crippen LogP contribution in [0.3, 0.4) is 0 Å². The molecule has 0 spiro atoms. The van der Waals surface area contributed by atoms with Crippen molar-refractivity contribution in [3.05, 3.63) is 359 Å². The van der Waals surface area contributed by atoms with Crippen molar-refractivity contribution in [1.82, 2.24) is 92.3 Å². The summed E-state index contributed by atoms with van der Waals surface area (Å²) in [6.45, 7) is 2.05. The zero-order valence-corrected chi connectivity index (χ0v) is 83.7. The number of nitrogens with zero attached hydrogens (tertiary/aromatic N) is 14. The topological polar surface area (TPSA) is 594 Å². The number of hydrogen-bond acceptors (Lipinski definition) is 30. The average molecular weight is 2260 g/mol. The molecule has 8 aliphatic rings. The molecule has 4 saturated carbocycles. The molecule has 0 amide bonds. The second-order valence-corrected chi connectivity index (χ2v) is 39.0. The lowest BCUT2D eigenvalue weighted by atomic mass is 10.0. The Morgan fingerprint density at radius 3 is 1.35 bits per heavy atom. The van der Waals surface area contributed by atoms with Gasteiger partial charge in [-0.2, -0.15) is 0 Å². The van der Waals surface area contributed by atoms with Crippen LogP contribution in [0, 0.1) is 48.9 Å². The number of hydrogen-bond donors (Lipinski definition) is 8. The molecule has 4 aromatic carbocycles. The van der Waals surface area contributed by atoms with E-state index in [1.165, 1.54) is 72.9 Å². The summed E-state index contributed by atoms with van der Waals surface area (Å²) in [4.78, 5) is 203. The van der Waals surface area contributed by atoms with Crippen LogP contribution >= 0.6 is 45.2 Å². The van der Waals surface area contributed by atoms with Crippen LogP contribution in [0.25, 0.3) is 33.6 Å². The van der Waals surface area contributed by atoms with E-state index in [-0.39, 0.29) is 84.4 Å². The highest BCUT2D eigenvalue weighted by Gasteiger charge is 2.50. The van der Waals surface area contributed by atoms with Crippen molar-refractivity contribution in [1.29, 1.82) is 0 Å². The van der Waals surface area contributed by atoms with Crippen LogP contribution in [0.2, 0.25) is 0 Å². The maximum Gasteiger partial charge on any atom is 0.350 e. The number of nitro groups is 1. The van der Waals surface area contributed by atoms with Crippen LogP contribution in [0.15, 0.2) is 241 Å². The molecule has 0 radical (unpaired) electrons. The number of H-pyrrole nitrogens is 6. The molecule has 9 aromatic heterocycles. The number of aryl methyl sites for hydroxylation is 2. The van der Waals surface area contributed by atoms with Gasteiger partial charge in [-0.3, -0.25) is 106 Å². The molecule has 4 saturated heterocycles. The van der Waals surface area contributed by atoms with Crippen molar-refractivity contribution >= 4 is 69.1 Å². The largest absolute Gasteiger partial charge is 0.459 e. The first-order valence-corrected chi connectivity index (χ1v) is 49.9. The van der Waals surface area contributed by atoms with Gasteiger partial charge in [-0.1, -0.05) is 140 Å². The first kappa shape index (κ1) is 106. The summed E-state index contributed by atoms with van der Waals surface area (Å²) >= 11 is 3.92. The van der Waals surface area contributed by atoms with Gasteiger partial charge in [0.1, 0.15) is 80.6 Å². The number of carbonyl (C=O) groups excluding carboxylic acids is 3. The van der Waals surface area contributed by atoms with E-state index < -0.39 is 136 Å².